The van der Waals surface area contributed by atoms with Crippen LogP contribution >= 0.6 is 0 Å². The van der Waals surface area contributed by atoms with Crippen LogP contribution in [0.1, 0.15) is 98.1 Å². The van der Waals surface area contributed by atoms with Crippen LogP contribution in [-0.4, -0.2) is 65.1 Å². The van der Waals surface area contributed by atoms with Crippen LogP contribution in [0.5, 0.6) is 0 Å². The zero-order valence-electron chi connectivity index (χ0n) is 25.1. The van der Waals surface area contributed by atoms with E-state index < -0.39 is 5.60 Å². The summed E-state index contributed by atoms with van der Waals surface area (Å²) in [6, 6.07) is -0.213. The van der Waals surface area contributed by atoms with E-state index in [1.165, 1.54) is 0 Å². The normalized spacial score (nSPS) is 28.3. The molecule has 2 saturated heterocycles. The summed E-state index contributed by atoms with van der Waals surface area (Å²) in [5.74, 6) is 0.962. The molecule has 1 aromatic heterocycles. The lowest BCUT2D eigenvalue weighted by molar-refractivity contribution is 0.00578. The lowest BCUT2D eigenvalue weighted by Crippen LogP contribution is -2.41. The SMILES string of the molecule is C=C1CCCC/C(B2OC(C)(C)C(C)(C)O2)=C\C=C/1c1cnc([C@@H]2C[C@H](COC)CN2C(=O)OC(C)(C)C)[nH]1. The molecule has 0 spiro atoms. The highest BCUT2D eigenvalue weighted by Gasteiger charge is 2.52. The van der Waals surface area contributed by atoms with Gasteiger partial charge in [-0.15, -0.1) is 0 Å². The van der Waals surface area contributed by atoms with E-state index in [9.17, 15) is 4.79 Å². The molecule has 214 valence electrons. The second-order valence-electron chi connectivity index (χ2n) is 13.1. The van der Waals surface area contributed by atoms with Crippen LogP contribution in [0, 0.1) is 5.92 Å². The van der Waals surface area contributed by atoms with E-state index in [0.29, 0.717) is 13.2 Å². The van der Waals surface area contributed by atoms with Crippen molar-refractivity contribution in [1.82, 2.24) is 14.9 Å². The van der Waals surface area contributed by atoms with Gasteiger partial charge in [-0.25, -0.2) is 9.78 Å². The van der Waals surface area contributed by atoms with Crippen molar-refractivity contribution in [3.05, 3.63) is 47.5 Å². The number of likely N-dealkylation sites (tertiary alicyclic amines) is 1. The van der Waals surface area contributed by atoms with Gasteiger partial charge in [0.25, 0.3) is 0 Å². The Labute approximate surface area is 234 Å². The van der Waals surface area contributed by atoms with Crippen molar-refractivity contribution in [1.29, 1.82) is 0 Å². The van der Waals surface area contributed by atoms with Gasteiger partial charge < -0.3 is 23.8 Å². The van der Waals surface area contributed by atoms with Crippen LogP contribution in [0.15, 0.2) is 36.0 Å². The fourth-order valence-corrected chi connectivity index (χ4v) is 5.37. The number of H-pyrrole nitrogens is 1. The van der Waals surface area contributed by atoms with Gasteiger partial charge in [0.15, 0.2) is 0 Å². The summed E-state index contributed by atoms with van der Waals surface area (Å²) in [5.41, 5.74) is 2.76. The molecule has 0 unspecified atom stereocenters. The Morgan fingerprint density at radius 1 is 1.18 bits per heavy atom. The van der Waals surface area contributed by atoms with E-state index in [2.05, 4.69) is 51.4 Å². The van der Waals surface area contributed by atoms with Gasteiger partial charge in [-0.1, -0.05) is 18.7 Å². The number of amides is 1. The monoisotopic (exact) mass is 539 g/mol. The molecule has 4 rings (SSSR count). The number of aromatic nitrogens is 2. The lowest BCUT2D eigenvalue weighted by atomic mass is 9.75. The Morgan fingerprint density at radius 3 is 2.49 bits per heavy atom. The van der Waals surface area contributed by atoms with Crippen LogP contribution in [0.4, 0.5) is 4.79 Å². The third-order valence-electron chi connectivity index (χ3n) is 8.21. The highest BCUT2D eigenvalue weighted by atomic mass is 16.7. The molecule has 8 nitrogen and oxygen atoms in total. The number of nitrogens with one attached hydrogen (secondary N) is 1. The Hall–Kier alpha value is -2.36. The maximum absolute atomic E-state index is 13.1. The summed E-state index contributed by atoms with van der Waals surface area (Å²) in [4.78, 5) is 23.1. The second-order valence-corrected chi connectivity index (χ2v) is 13.1. The number of ether oxygens (including phenoxy) is 2. The molecule has 2 aliphatic heterocycles. The summed E-state index contributed by atoms with van der Waals surface area (Å²) < 4.78 is 23.8. The van der Waals surface area contributed by atoms with E-state index in [4.69, 9.17) is 23.8 Å². The van der Waals surface area contributed by atoms with Crippen LogP contribution in [-0.2, 0) is 18.8 Å². The maximum atomic E-state index is 13.1. The average molecular weight is 540 g/mol. The highest BCUT2D eigenvalue weighted by molar-refractivity contribution is 6.54. The molecule has 0 saturated carbocycles. The Bertz CT molecular complexity index is 1110. The molecular formula is C30H46BN3O5. The number of carbonyl (C=O) groups excluding carboxylic acids is 1. The first kappa shape index (κ1) is 29.6. The zero-order valence-corrected chi connectivity index (χ0v) is 25.1. The van der Waals surface area contributed by atoms with Crippen molar-refractivity contribution in [2.75, 3.05) is 20.3 Å². The standard InChI is InChI=1S/C30H46BN3O5/c1-20-12-10-11-13-22(31-38-29(5,6)30(7,8)39-31)14-15-23(20)24-17-32-26(33-24)25-16-21(19-36-9)18-34(25)27(35)37-28(2,3)4/h14-15,17,21,25H,1,10-13,16,18-19H2,2-9H3,(H,32,33)/b22-14+,23-15+/t21-,25-/m0/s1. The zero-order chi connectivity index (χ0) is 28.6. The molecule has 1 amide bonds. The van der Waals surface area contributed by atoms with Crippen LogP contribution in [0.2, 0.25) is 0 Å². The van der Waals surface area contributed by atoms with Crippen LogP contribution in [0.3, 0.4) is 0 Å². The van der Waals surface area contributed by atoms with Crippen molar-refractivity contribution in [2.24, 2.45) is 5.92 Å². The topological polar surface area (TPSA) is 85.9 Å². The van der Waals surface area contributed by atoms with Gasteiger partial charge in [0.05, 0.1) is 35.7 Å². The first-order valence-electron chi connectivity index (χ1n) is 14.2. The molecule has 1 aromatic rings. The van der Waals surface area contributed by atoms with Crippen molar-refractivity contribution in [3.63, 3.8) is 0 Å². The van der Waals surface area contributed by atoms with E-state index in [0.717, 1.165) is 60.2 Å². The summed E-state index contributed by atoms with van der Waals surface area (Å²) in [6.07, 6.45) is 10.4. The van der Waals surface area contributed by atoms with Gasteiger partial charge in [0.1, 0.15) is 11.4 Å². The summed E-state index contributed by atoms with van der Waals surface area (Å²) in [7, 11) is 1.33. The van der Waals surface area contributed by atoms with E-state index in [1.54, 1.807) is 12.0 Å². The van der Waals surface area contributed by atoms with Gasteiger partial charge in [0, 0.05) is 25.1 Å². The Morgan fingerprint density at radius 2 is 1.85 bits per heavy atom. The predicted octanol–water partition coefficient (Wildman–Crippen LogP) is 6.43. The molecule has 3 aliphatic rings. The lowest BCUT2D eigenvalue weighted by Gasteiger charge is -2.32. The summed E-state index contributed by atoms with van der Waals surface area (Å²) in [5, 5.41) is 0. The third kappa shape index (κ3) is 6.69. The average Bonchev–Trinajstić information content (AvgIpc) is 3.51. The second kappa shape index (κ2) is 11.3. The maximum Gasteiger partial charge on any atom is 0.490 e. The Balaban J connectivity index is 1.61. The minimum atomic E-state index is -0.573. The number of methoxy groups -OCH3 is 1. The number of hydrogen-bond donors (Lipinski definition) is 1. The van der Waals surface area contributed by atoms with Crippen molar-refractivity contribution in [3.8, 4) is 0 Å². The van der Waals surface area contributed by atoms with Crippen LogP contribution < -0.4 is 0 Å². The number of carbonyl (C=O) groups is 1. The number of aromatic amines is 1. The number of rotatable bonds is 5. The molecule has 1 N–H and O–H groups in total. The molecule has 9 heteroatoms. The van der Waals surface area contributed by atoms with Gasteiger partial charge in [0.2, 0.25) is 0 Å². The number of imidazole rings is 1. The van der Waals surface area contributed by atoms with Gasteiger partial charge >= 0.3 is 13.2 Å². The van der Waals surface area contributed by atoms with Crippen molar-refractivity contribution >= 4 is 18.8 Å². The molecule has 2 fully saturated rings. The van der Waals surface area contributed by atoms with E-state index in [-0.39, 0.29) is 36.4 Å². The smallest absolute Gasteiger partial charge is 0.444 e. The van der Waals surface area contributed by atoms with Crippen molar-refractivity contribution < 1.29 is 23.6 Å². The molecular weight excluding hydrogens is 493 g/mol. The molecule has 0 radical (unpaired) electrons. The van der Waals surface area contributed by atoms with E-state index >= 15 is 0 Å². The number of nitrogens with zero attached hydrogens (tertiary/aromatic N) is 2. The molecule has 0 aromatic carbocycles. The highest BCUT2D eigenvalue weighted by Crippen LogP contribution is 2.40. The first-order chi connectivity index (χ1) is 18.2. The fraction of sp³-hybridized carbons (Fsp3) is 0.667. The quantitative estimate of drug-likeness (QED) is 0.435. The molecule has 3 heterocycles. The van der Waals surface area contributed by atoms with Crippen molar-refractivity contribution in [2.45, 2.75) is 103 Å². The molecule has 2 atom stereocenters. The molecule has 0 bridgehead atoms. The first-order valence-corrected chi connectivity index (χ1v) is 14.2. The largest absolute Gasteiger partial charge is 0.490 e. The Kier molecular flexibility index (Phi) is 8.55. The molecule has 1 aliphatic carbocycles. The fourth-order valence-electron chi connectivity index (χ4n) is 5.37. The predicted molar refractivity (Wildman–Crippen MR) is 154 cm³/mol. The molecule has 39 heavy (non-hydrogen) atoms. The summed E-state index contributed by atoms with van der Waals surface area (Å²) >= 11 is 0. The van der Waals surface area contributed by atoms with Crippen LogP contribution in [0.25, 0.3) is 5.57 Å². The summed E-state index contributed by atoms with van der Waals surface area (Å²) in [6.45, 7) is 19.5. The van der Waals surface area contributed by atoms with Gasteiger partial charge in [-0.2, -0.15) is 0 Å². The number of hydrogen-bond acceptors (Lipinski definition) is 6. The minimum absolute atomic E-state index is 0.213. The third-order valence-corrected chi connectivity index (χ3v) is 8.21. The van der Waals surface area contributed by atoms with Gasteiger partial charge in [-0.3, -0.25) is 4.90 Å². The van der Waals surface area contributed by atoms with E-state index in [1.807, 2.05) is 27.0 Å². The number of allylic oxidation sites excluding steroid dienone is 5. The van der Waals surface area contributed by atoms with Gasteiger partial charge in [-0.05, 0) is 91.6 Å². The minimum Gasteiger partial charge on any atom is -0.444 e.